The zero-order valence-corrected chi connectivity index (χ0v) is 17.7. The van der Waals surface area contributed by atoms with Crippen LogP contribution in [0, 0.1) is 18.6 Å². The van der Waals surface area contributed by atoms with Crippen LogP contribution in [0.2, 0.25) is 0 Å². The highest BCUT2D eigenvalue weighted by Gasteiger charge is 2.32. The Balaban J connectivity index is 1.80. The van der Waals surface area contributed by atoms with Crippen molar-refractivity contribution in [2.24, 2.45) is 0 Å². The minimum atomic E-state index is -1.15. The van der Waals surface area contributed by atoms with E-state index in [0.717, 1.165) is 37.5 Å². The number of amides is 1. The molecule has 1 aromatic heterocycles. The number of aromatic carboxylic acids is 1. The molecular formula is C22H21F2N5O4. The molecule has 1 amide bonds. The molecule has 0 bridgehead atoms. The fourth-order valence-electron chi connectivity index (χ4n) is 4.11. The predicted octanol–water partition coefficient (Wildman–Crippen LogP) is 3.52. The first-order valence-electron chi connectivity index (χ1n) is 10.5. The van der Waals surface area contributed by atoms with Crippen LogP contribution in [-0.4, -0.2) is 42.9 Å². The lowest BCUT2D eigenvalue weighted by molar-refractivity contribution is 0.0696. The van der Waals surface area contributed by atoms with Crippen molar-refractivity contribution in [2.45, 2.75) is 45.1 Å². The Hall–Kier alpha value is -3.89. The Bertz CT molecular complexity index is 1260. The average molecular weight is 457 g/mol. The third-order valence-electron chi connectivity index (χ3n) is 5.79. The van der Waals surface area contributed by atoms with E-state index in [-0.39, 0.29) is 17.3 Å². The van der Waals surface area contributed by atoms with Crippen LogP contribution in [-0.2, 0) is 0 Å². The Labute approximate surface area is 186 Å². The van der Waals surface area contributed by atoms with E-state index in [1.165, 1.54) is 11.0 Å². The molecule has 11 heteroatoms. The number of nitrogens with zero attached hydrogens (tertiary/aromatic N) is 5. The van der Waals surface area contributed by atoms with E-state index in [2.05, 4.69) is 10.4 Å². The van der Waals surface area contributed by atoms with Crippen molar-refractivity contribution in [3.05, 3.63) is 69.6 Å². The number of aryl methyl sites for hydroxylation is 1. The Morgan fingerprint density at radius 3 is 2.36 bits per heavy atom. The molecule has 0 aliphatic heterocycles. The van der Waals surface area contributed by atoms with Gasteiger partial charge >= 0.3 is 17.7 Å². The number of tetrazole rings is 1. The molecule has 1 saturated carbocycles. The van der Waals surface area contributed by atoms with Gasteiger partial charge in [0.25, 0.3) is 0 Å². The standard InChI is InChI=1S/C22H21F2N5O4/c1-13-10-11-15(12-16(13)20(30)31)27(14-6-3-2-4-7-14)21(32)29-22(33)28(25-26-29)19-17(23)8-5-9-18(19)24/h5,8-12,14H,2-4,6-7H2,1H3,(H,30,31). The number of halogens is 2. The number of carbonyl (C=O) groups excluding carboxylic acids is 1. The van der Waals surface area contributed by atoms with Crippen LogP contribution in [0.3, 0.4) is 0 Å². The van der Waals surface area contributed by atoms with Crippen LogP contribution >= 0.6 is 0 Å². The van der Waals surface area contributed by atoms with Crippen LogP contribution in [0.1, 0.15) is 48.0 Å². The van der Waals surface area contributed by atoms with E-state index in [9.17, 15) is 28.3 Å². The van der Waals surface area contributed by atoms with Gasteiger partial charge in [0.2, 0.25) is 0 Å². The molecule has 1 heterocycles. The van der Waals surface area contributed by atoms with Gasteiger partial charge in [-0.05, 0) is 60.0 Å². The predicted molar refractivity (Wildman–Crippen MR) is 114 cm³/mol. The van der Waals surface area contributed by atoms with Crippen molar-refractivity contribution < 1.29 is 23.5 Å². The summed E-state index contributed by atoms with van der Waals surface area (Å²) in [6.45, 7) is 1.64. The van der Waals surface area contributed by atoms with Gasteiger partial charge in [-0.2, -0.15) is 4.68 Å². The lowest BCUT2D eigenvalue weighted by atomic mass is 9.93. The lowest BCUT2D eigenvalue weighted by Gasteiger charge is -2.33. The summed E-state index contributed by atoms with van der Waals surface area (Å²) in [5.41, 5.74) is -1.07. The van der Waals surface area contributed by atoms with Crippen molar-refractivity contribution in [1.82, 2.24) is 19.8 Å². The van der Waals surface area contributed by atoms with Gasteiger partial charge in [-0.15, -0.1) is 4.68 Å². The fraction of sp³-hybridized carbons (Fsp3) is 0.318. The van der Waals surface area contributed by atoms with E-state index in [1.807, 2.05) is 0 Å². The summed E-state index contributed by atoms with van der Waals surface area (Å²) >= 11 is 0. The summed E-state index contributed by atoms with van der Waals surface area (Å²) in [6.07, 6.45) is 4.00. The zero-order valence-electron chi connectivity index (χ0n) is 17.7. The summed E-state index contributed by atoms with van der Waals surface area (Å²) in [6, 6.07) is 6.41. The number of benzene rings is 2. The second-order valence-electron chi connectivity index (χ2n) is 7.90. The summed E-state index contributed by atoms with van der Waals surface area (Å²) in [7, 11) is 0. The molecule has 4 rings (SSSR count). The number of carbonyl (C=O) groups is 2. The zero-order chi connectivity index (χ0) is 23.7. The first-order valence-corrected chi connectivity index (χ1v) is 10.5. The van der Waals surface area contributed by atoms with Crippen molar-refractivity contribution in [1.29, 1.82) is 0 Å². The summed E-state index contributed by atoms with van der Waals surface area (Å²) in [4.78, 5) is 39.3. The minimum absolute atomic E-state index is 0.0190. The maximum atomic E-state index is 14.2. The molecule has 0 radical (unpaired) electrons. The summed E-state index contributed by atoms with van der Waals surface area (Å²) < 4.78 is 29.2. The van der Waals surface area contributed by atoms with Crippen molar-refractivity contribution in [2.75, 3.05) is 4.90 Å². The maximum absolute atomic E-state index is 14.2. The van der Waals surface area contributed by atoms with Gasteiger partial charge in [0.1, 0.15) is 5.69 Å². The molecule has 0 saturated heterocycles. The Morgan fingerprint density at radius 1 is 1.06 bits per heavy atom. The molecule has 1 N–H and O–H groups in total. The van der Waals surface area contributed by atoms with E-state index in [4.69, 9.17) is 0 Å². The van der Waals surface area contributed by atoms with Crippen molar-refractivity contribution in [3.8, 4) is 5.69 Å². The third-order valence-corrected chi connectivity index (χ3v) is 5.79. The van der Waals surface area contributed by atoms with Gasteiger partial charge < -0.3 is 5.11 Å². The van der Waals surface area contributed by atoms with Crippen molar-refractivity contribution in [3.63, 3.8) is 0 Å². The molecule has 3 aromatic rings. The number of rotatable bonds is 4. The summed E-state index contributed by atoms with van der Waals surface area (Å²) in [5, 5.41) is 16.6. The average Bonchev–Trinajstić information content (AvgIpc) is 3.16. The number of carboxylic acid groups (broad SMARTS) is 1. The van der Waals surface area contributed by atoms with E-state index in [1.54, 1.807) is 19.1 Å². The first kappa shape index (κ1) is 22.3. The second-order valence-corrected chi connectivity index (χ2v) is 7.90. The van der Waals surface area contributed by atoms with Gasteiger partial charge in [-0.3, -0.25) is 4.90 Å². The minimum Gasteiger partial charge on any atom is -0.478 e. The molecule has 1 fully saturated rings. The Morgan fingerprint density at radius 2 is 1.73 bits per heavy atom. The lowest BCUT2D eigenvalue weighted by Crippen LogP contribution is -2.47. The molecular weight excluding hydrogens is 436 g/mol. The molecule has 0 unspecified atom stereocenters. The molecule has 0 spiro atoms. The van der Waals surface area contributed by atoms with E-state index < -0.39 is 35.0 Å². The van der Waals surface area contributed by atoms with Crippen LogP contribution in [0.4, 0.5) is 19.3 Å². The summed E-state index contributed by atoms with van der Waals surface area (Å²) in [5.74, 6) is -3.22. The quantitative estimate of drug-likeness (QED) is 0.601. The van der Waals surface area contributed by atoms with Gasteiger partial charge in [-0.25, -0.2) is 23.2 Å². The molecule has 0 atom stereocenters. The maximum Gasteiger partial charge on any atom is 0.377 e. The van der Waals surface area contributed by atoms with Crippen LogP contribution in [0.25, 0.3) is 5.69 Å². The third kappa shape index (κ3) is 4.13. The number of anilines is 1. The Kier molecular flexibility index (Phi) is 6.03. The van der Waals surface area contributed by atoms with Crippen LogP contribution in [0.15, 0.2) is 41.2 Å². The molecule has 9 nitrogen and oxygen atoms in total. The van der Waals surface area contributed by atoms with Gasteiger partial charge in [-0.1, -0.05) is 31.4 Å². The van der Waals surface area contributed by atoms with Gasteiger partial charge in [0.15, 0.2) is 11.6 Å². The molecule has 172 valence electrons. The number of aromatic nitrogens is 4. The number of para-hydroxylation sites is 1. The fourth-order valence-corrected chi connectivity index (χ4v) is 4.11. The second kappa shape index (κ2) is 8.93. The van der Waals surface area contributed by atoms with Crippen molar-refractivity contribution >= 4 is 17.7 Å². The largest absolute Gasteiger partial charge is 0.478 e. The number of carboxylic acids is 1. The van der Waals surface area contributed by atoms with E-state index >= 15 is 0 Å². The topological polar surface area (TPSA) is 110 Å². The molecule has 1 aliphatic rings. The van der Waals surface area contributed by atoms with Crippen LogP contribution < -0.4 is 10.6 Å². The highest BCUT2D eigenvalue weighted by molar-refractivity contribution is 5.96. The highest BCUT2D eigenvalue weighted by atomic mass is 19.1. The van der Waals surface area contributed by atoms with E-state index in [0.29, 0.717) is 27.8 Å². The van der Waals surface area contributed by atoms with Crippen LogP contribution in [0.5, 0.6) is 0 Å². The molecule has 33 heavy (non-hydrogen) atoms. The first-order chi connectivity index (χ1) is 15.8. The SMILES string of the molecule is Cc1ccc(N(C(=O)n2nnn(-c3c(F)cccc3F)c2=O)C2CCCCC2)cc1C(=O)O. The normalized spacial score (nSPS) is 14.3. The number of hydrogen-bond acceptors (Lipinski definition) is 5. The smallest absolute Gasteiger partial charge is 0.377 e. The monoisotopic (exact) mass is 457 g/mol. The van der Waals surface area contributed by atoms with Gasteiger partial charge in [0.05, 0.1) is 5.56 Å². The molecule has 2 aromatic carbocycles. The molecule has 1 aliphatic carbocycles. The van der Waals surface area contributed by atoms with Gasteiger partial charge in [0, 0.05) is 11.7 Å². The highest BCUT2D eigenvalue weighted by Crippen LogP contribution is 2.29. The number of hydrogen-bond donors (Lipinski definition) is 1.